The Morgan fingerprint density at radius 3 is 2.09 bits per heavy atom. The molecule has 11 heavy (non-hydrogen) atoms. The summed E-state index contributed by atoms with van der Waals surface area (Å²) in [6.07, 6.45) is 3.25. The molecule has 0 unspecified atom stereocenters. The van der Waals surface area contributed by atoms with Crippen LogP contribution in [0.5, 0.6) is 0 Å². The molecule has 1 aromatic heterocycles. The minimum Gasteiger partial charge on any atom is -0.449 e. The molecule has 0 saturated heterocycles. The Kier molecular flexibility index (Phi) is 9.18. The summed E-state index contributed by atoms with van der Waals surface area (Å²) in [5.41, 5.74) is 0. The number of nitrogens with zero attached hydrogens (tertiary/aromatic N) is 1. The Hall–Kier alpha value is -0.440. The SMILES string of the molecule is CC.CC(C)c1ncco1.S. The molecule has 0 spiro atoms. The normalized spacial score (nSPS) is 8.09. The molecule has 1 heterocycles. The zero-order valence-corrected chi connectivity index (χ0v) is 8.59. The first-order chi connectivity index (χ1) is 4.80. The van der Waals surface area contributed by atoms with Crippen molar-refractivity contribution >= 4 is 13.5 Å². The third-order valence-corrected chi connectivity index (χ3v) is 0.945. The van der Waals surface area contributed by atoms with E-state index in [4.69, 9.17) is 4.42 Å². The summed E-state index contributed by atoms with van der Waals surface area (Å²) < 4.78 is 4.98. The van der Waals surface area contributed by atoms with Crippen molar-refractivity contribution in [1.82, 2.24) is 4.98 Å². The van der Waals surface area contributed by atoms with Crippen LogP contribution in [0.2, 0.25) is 0 Å². The highest BCUT2D eigenvalue weighted by atomic mass is 32.1. The Morgan fingerprint density at radius 2 is 1.91 bits per heavy atom. The van der Waals surface area contributed by atoms with Gasteiger partial charge in [-0.2, -0.15) is 13.5 Å². The zero-order valence-electron chi connectivity index (χ0n) is 7.59. The summed E-state index contributed by atoms with van der Waals surface area (Å²) in [6, 6.07) is 0. The molecular formula is C8H17NOS. The van der Waals surface area contributed by atoms with Crippen LogP contribution in [-0.4, -0.2) is 4.98 Å². The van der Waals surface area contributed by atoms with E-state index in [9.17, 15) is 0 Å². The van der Waals surface area contributed by atoms with Crippen LogP contribution in [-0.2, 0) is 0 Å². The highest BCUT2D eigenvalue weighted by molar-refractivity contribution is 7.59. The van der Waals surface area contributed by atoms with E-state index in [0.717, 1.165) is 5.89 Å². The van der Waals surface area contributed by atoms with E-state index in [1.807, 2.05) is 27.7 Å². The standard InChI is InChI=1S/C6H9NO.C2H6.H2S/c1-5(2)6-7-3-4-8-6;1-2;/h3-5H,1-2H3;1-2H3;1H2. The summed E-state index contributed by atoms with van der Waals surface area (Å²) in [6.45, 7) is 8.09. The van der Waals surface area contributed by atoms with Crippen LogP contribution in [0, 0.1) is 0 Å². The van der Waals surface area contributed by atoms with Crippen molar-refractivity contribution in [2.24, 2.45) is 0 Å². The lowest BCUT2D eigenvalue weighted by molar-refractivity contribution is 0.471. The molecule has 66 valence electrons. The first kappa shape index (κ1) is 13.2. The lowest BCUT2D eigenvalue weighted by Gasteiger charge is -1.92. The average Bonchev–Trinajstić information content (AvgIpc) is 2.42. The molecule has 0 aliphatic carbocycles. The van der Waals surface area contributed by atoms with Crippen molar-refractivity contribution in [2.45, 2.75) is 33.6 Å². The molecule has 1 aromatic rings. The van der Waals surface area contributed by atoms with Gasteiger partial charge in [-0.25, -0.2) is 4.98 Å². The third-order valence-electron chi connectivity index (χ3n) is 0.945. The van der Waals surface area contributed by atoms with Crippen molar-refractivity contribution in [3.05, 3.63) is 18.4 Å². The van der Waals surface area contributed by atoms with Gasteiger partial charge in [0.05, 0.1) is 6.20 Å². The van der Waals surface area contributed by atoms with E-state index < -0.39 is 0 Å². The molecule has 0 bridgehead atoms. The molecule has 3 heteroatoms. The fourth-order valence-electron chi connectivity index (χ4n) is 0.520. The van der Waals surface area contributed by atoms with E-state index in [0.29, 0.717) is 5.92 Å². The molecule has 0 aliphatic heterocycles. The summed E-state index contributed by atoms with van der Waals surface area (Å²) >= 11 is 0. The molecular weight excluding hydrogens is 158 g/mol. The average molecular weight is 175 g/mol. The predicted molar refractivity (Wildman–Crippen MR) is 52.3 cm³/mol. The van der Waals surface area contributed by atoms with Gasteiger partial charge < -0.3 is 4.42 Å². The molecule has 2 nitrogen and oxygen atoms in total. The van der Waals surface area contributed by atoms with E-state index in [1.165, 1.54) is 0 Å². The number of hydrogen-bond donors (Lipinski definition) is 0. The topological polar surface area (TPSA) is 26.0 Å². The minimum absolute atomic E-state index is 0. The van der Waals surface area contributed by atoms with Crippen molar-refractivity contribution in [3.63, 3.8) is 0 Å². The summed E-state index contributed by atoms with van der Waals surface area (Å²) in [7, 11) is 0. The number of rotatable bonds is 1. The van der Waals surface area contributed by atoms with Gasteiger partial charge in [0.15, 0.2) is 5.89 Å². The van der Waals surface area contributed by atoms with Gasteiger partial charge in [0.2, 0.25) is 0 Å². The Balaban J connectivity index is 0. The lowest BCUT2D eigenvalue weighted by Crippen LogP contribution is -1.83. The molecule has 0 amide bonds. The molecule has 0 atom stereocenters. The highest BCUT2D eigenvalue weighted by Crippen LogP contribution is 2.09. The van der Waals surface area contributed by atoms with Crippen molar-refractivity contribution in [2.75, 3.05) is 0 Å². The van der Waals surface area contributed by atoms with E-state index in [1.54, 1.807) is 12.5 Å². The zero-order chi connectivity index (χ0) is 7.98. The van der Waals surface area contributed by atoms with Crippen molar-refractivity contribution in [3.8, 4) is 0 Å². The van der Waals surface area contributed by atoms with Crippen LogP contribution in [0.1, 0.15) is 39.5 Å². The van der Waals surface area contributed by atoms with E-state index in [2.05, 4.69) is 4.98 Å². The van der Waals surface area contributed by atoms with Gasteiger partial charge in [-0.1, -0.05) is 27.7 Å². The predicted octanol–water partition coefficient (Wildman–Crippen LogP) is 2.94. The van der Waals surface area contributed by atoms with Gasteiger partial charge in [-0.05, 0) is 0 Å². The smallest absolute Gasteiger partial charge is 0.196 e. The summed E-state index contributed by atoms with van der Waals surface area (Å²) in [5, 5.41) is 0. The molecule has 0 radical (unpaired) electrons. The van der Waals surface area contributed by atoms with Gasteiger partial charge in [-0.3, -0.25) is 0 Å². The largest absolute Gasteiger partial charge is 0.449 e. The van der Waals surface area contributed by atoms with Crippen LogP contribution < -0.4 is 0 Å². The van der Waals surface area contributed by atoms with E-state index in [-0.39, 0.29) is 13.5 Å². The van der Waals surface area contributed by atoms with Crippen molar-refractivity contribution < 1.29 is 4.42 Å². The quantitative estimate of drug-likeness (QED) is 0.656. The summed E-state index contributed by atoms with van der Waals surface area (Å²) in [4.78, 5) is 3.95. The second-order valence-corrected chi connectivity index (χ2v) is 2.03. The maximum atomic E-state index is 4.98. The van der Waals surface area contributed by atoms with Gasteiger partial charge in [0.1, 0.15) is 6.26 Å². The Labute approximate surface area is 75.5 Å². The number of aromatic nitrogens is 1. The fraction of sp³-hybridized carbons (Fsp3) is 0.625. The van der Waals surface area contributed by atoms with Crippen LogP contribution in [0.25, 0.3) is 0 Å². The Morgan fingerprint density at radius 1 is 1.36 bits per heavy atom. The van der Waals surface area contributed by atoms with Crippen molar-refractivity contribution in [1.29, 1.82) is 0 Å². The molecule has 0 aliphatic rings. The van der Waals surface area contributed by atoms with Crippen LogP contribution in [0.4, 0.5) is 0 Å². The van der Waals surface area contributed by atoms with E-state index >= 15 is 0 Å². The first-order valence-electron chi connectivity index (χ1n) is 3.70. The molecule has 0 aromatic carbocycles. The second-order valence-electron chi connectivity index (χ2n) is 2.03. The first-order valence-corrected chi connectivity index (χ1v) is 3.70. The minimum atomic E-state index is 0. The van der Waals surface area contributed by atoms with Gasteiger partial charge >= 0.3 is 0 Å². The number of hydrogen-bond acceptors (Lipinski definition) is 2. The molecule has 0 fully saturated rings. The Bertz CT molecular complexity index is 149. The van der Waals surface area contributed by atoms with Crippen LogP contribution in [0.15, 0.2) is 16.9 Å². The fourth-order valence-corrected chi connectivity index (χ4v) is 0.520. The monoisotopic (exact) mass is 175 g/mol. The highest BCUT2D eigenvalue weighted by Gasteiger charge is 2.00. The van der Waals surface area contributed by atoms with Gasteiger partial charge in [-0.15, -0.1) is 0 Å². The number of oxazole rings is 1. The van der Waals surface area contributed by atoms with Crippen LogP contribution in [0.3, 0.4) is 0 Å². The third kappa shape index (κ3) is 4.90. The van der Waals surface area contributed by atoms with Crippen LogP contribution >= 0.6 is 13.5 Å². The van der Waals surface area contributed by atoms with Gasteiger partial charge in [0, 0.05) is 5.92 Å². The lowest BCUT2D eigenvalue weighted by atomic mass is 10.2. The second kappa shape index (κ2) is 7.66. The van der Waals surface area contributed by atoms with Gasteiger partial charge in [0.25, 0.3) is 0 Å². The maximum Gasteiger partial charge on any atom is 0.196 e. The summed E-state index contributed by atoms with van der Waals surface area (Å²) in [5.74, 6) is 1.22. The molecule has 1 rings (SSSR count). The maximum absolute atomic E-state index is 4.98. The molecule has 0 saturated carbocycles. The molecule has 0 N–H and O–H groups in total.